The van der Waals surface area contributed by atoms with E-state index in [1.54, 1.807) is 0 Å². The van der Waals surface area contributed by atoms with Crippen molar-refractivity contribution >= 4 is 0 Å². The van der Waals surface area contributed by atoms with Crippen LogP contribution in [0.5, 0.6) is 0 Å². The van der Waals surface area contributed by atoms with Crippen LogP contribution in [0.25, 0.3) is 0 Å². The van der Waals surface area contributed by atoms with E-state index in [1.807, 2.05) is 0 Å². The Balaban J connectivity index is 4.59. The third kappa shape index (κ3) is 6.16. The lowest BCUT2D eigenvalue weighted by Crippen LogP contribution is -2.59. The number of rotatable bonds is 5. The molecule has 0 aromatic rings. The van der Waals surface area contributed by atoms with E-state index >= 15 is 0 Å². The second kappa shape index (κ2) is 5.31. The van der Waals surface area contributed by atoms with E-state index < -0.39 is 0 Å². The van der Waals surface area contributed by atoms with Crippen LogP contribution in [0.15, 0.2) is 0 Å². The molecule has 0 aliphatic carbocycles. The Morgan fingerprint density at radius 2 is 1.47 bits per heavy atom. The minimum Gasteiger partial charge on any atom is -0.299 e. The van der Waals surface area contributed by atoms with Crippen LogP contribution in [-0.4, -0.2) is 17.7 Å². The summed E-state index contributed by atoms with van der Waals surface area (Å²) >= 11 is 0. The van der Waals surface area contributed by atoms with Crippen LogP contribution in [0.2, 0.25) is 0 Å². The van der Waals surface area contributed by atoms with Crippen molar-refractivity contribution < 1.29 is 0 Å². The van der Waals surface area contributed by atoms with Gasteiger partial charge in [0.1, 0.15) is 0 Å². The van der Waals surface area contributed by atoms with E-state index in [0.717, 1.165) is 0 Å². The molecule has 15 heavy (non-hydrogen) atoms. The lowest BCUT2D eigenvalue weighted by molar-refractivity contribution is 0.151. The third-order valence-corrected chi connectivity index (χ3v) is 2.77. The van der Waals surface area contributed by atoms with Gasteiger partial charge in [-0.1, -0.05) is 20.8 Å². The summed E-state index contributed by atoms with van der Waals surface area (Å²) in [6.45, 7) is 17.9. The van der Waals surface area contributed by atoms with E-state index in [0.29, 0.717) is 12.2 Å². The standard InChI is InChI=1S/C13H30N2/c1-9-13(7,8)11(14-10(2)3)15-12(4,5)6/h10-11,14-15H,9H2,1-8H3. The molecule has 0 saturated heterocycles. The summed E-state index contributed by atoms with van der Waals surface area (Å²) in [5, 5.41) is 7.28. The predicted octanol–water partition coefficient (Wildman–Crippen LogP) is 3.13. The molecule has 0 bridgehead atoms. The van der Waals surface area contributed by atoms with Gasteiger partial charge in [0.25, 0.3) is 0 Å². The molecule has 0 heterocycles. The van der Waals surface area contributed by atoms with E-state index in [2.05, 4.69) is 66.0 Å². The smallest absolute Gasteiger partial charge is 0.0630 e. The maximum absolute atomic E-state index is 3.67. The average molecular weight is 214 g/mol. The second-order valence-corrected chi connectivity index (χ2v) is 6.49. The SMILES string of the molecule is CCC(C)(C)C(NC(C)C)NC(C)(C)C. The largest absolute Gasteiger partial charge is 0.299 e. The van der Waals surface area contributed by atoms with Crippen molar-refractivity contribution in [2.24, 2.45) is 5.41 Å². The van der Waals surface area contributed by atoms with Gasteiger partial charge in [-0.25, -0.2) is 0 Å². The van der Waals surface area contributed by atoms with Gasteiger partial charge < -0.3 is 0 Å². The molecule has 0 saturated carbocycles. The van der Waals surface area contributed by atoms with E-state index in [1.165, 1.54) is 6.42 Å². The Labute approximate surface area is 96.2 Å². The lowest BCUT2D eigenvalue weighted by Gasteiger charge is -2.40. The summed E-state index contributed by atoms with van der Waals surface area (Å²) < 4.78 is 0. The summed E-state index contributed by atoms with van der Waals surface area (Å²) in [6, 6.07) is 0.510. The fourth-order valence-corrected chi connectivity index (χ4v) is 1.43. The van der Waals surface area contributed by atoms with Crippen LogP contribution >= 0.6 is 0 Å². The summed E-state index contributed by atoms with van der Waals surface area (Å²) in [4.78, 5) is 0. The second-order valence-electron chi connectivity index (χ2n) is 6.49. The van der Waals surface area contributed by atoms with Gasteiger partial charge in [0.2, 0.25) is 0 Å². The zero-order chi connectivity index (χ0) is 12.3. The van der Waals surface area contributed by atoms with Crippen molar-refractivity contribution in [3.8, 4) is 0 Å². The van der Waals surface area contributed by atoms with Gasteiger partial charge in [-0.3, -0.25) is 10.6 Å². The van der Waals surface area contributed by atoms with E-state index in [9.17, 15) is 0 Å². The fourth-order valence-electron chi connectivity index (χ4n) is 1.43. The summed E-state index contributed by atoms with van der Waals surface area (Å²) in [6.07, 6.45) is 1.53. The quantitative estimate of drug-likeness (QED) is 0.687. The van der Waals surface area contributed by atoms with Gasteiger partial charge in [-0.15, -0.1) is 0 Å². The Kier molecular flexibility index (Phi) is 5.28. The number of hydrogen-bond acceptors (Lipinski definition) is 2. The number of hydrogen-bond donors (Lipinski definition) is 2. The molecule has 2 heteroatoms. The minimum atomic E-state index is 0.152. The first-order valence-electron chi connectivity index (χ1n) is 6.12. The monoisotopic (exact) mass is 214 g/mol. The Morgan fingerprint density at radius 1 is 1.00 bits per heavy atom. The molecule has 1 unspecified atom stereocenters. The molecule has 0 aromatic heterocycles. The first-order chi connectivity index (χ1) is 6.58. The van der Waals surface area contributed by atoms with Crippen molar-refractivity contribution in [1.82, 2.24) is 10.6 Å². The Bertz CT molecular complexity index is 177. The minimum absolute atomic E-state index is 0.152. The summed E-state index contributed by atoms with van der Waals surface area (Å²) in [5.41, 5.74) is 0.427. The molecule has 0 aromatic carbocycles. The highest BCUT2D eigenvalue weighted by Gasteiger charge is 2.30. The first kappa shape index (κ1) is 14.9. The molecule has 0 aliphatic heterocycles. The maximum Gasteiger partial charge on any atom is 0.0630 e. The summed E-state index contributed by atoms with van der Waals surface area (Å²) in [7, 11) is 0. The van der Waals surface area contributed by atoms with Crippen LogP contribution in [0.1, 0.15) is 61.8 Å². The third-order valence-electron chi connectivity index (χ3n) is 2.77. The average Bonchev–Trinajstić information content (AvgIpc) is 1.99. The fraction of sp³-hybridized carbons (Fsp3) is 1.00. The highest BCUT2D eigenvalue weighted by atomic mass is 15.2. The van der Waals surface area contributed by atoms with Crippen molar-refractivity contribution in [2.75, 3.05) is 0 Å². The van der Waals surface area contributed by atoms with Gasteiger partial charge in [0.05, 0.1) is 6.17 Å². The van der Waals surface area contributed by atoms with E-state index in [-0.39, 0.29) is 11.0 Å². The van der Waals surface area contributed by atoms with Gasteiger partial charge in [-0.05, 0) is 46.5 Å². The van der Waals surface area contributed by atoms with Gasteiger partial charge in [0, 0.05) is 11.6 Å². The molecule has 0 radical (unpaired) electrons. The molecule has 2 N–H and O–H groups in total. The van der Waals surface area contributed by atoms with Crippen LogP contribution in [0, 0.1) is 5.41 Å². The van der Waals surface area contributed by atoms with E-state index in [4.69, 9.17) is 0 Å². The van der Waals surface area contributed by atoms with Crippen LogP contribution in [-0.2, 0) is 0 Å². The topological polar surface area (TPSA) is 24.1 Å². The number of nitrogens with one attached hydrogen (secondary N) is 2. The molecular weight excluding hydrogens is 184 g/mol. The van der Waals surface area contributed by atoms with Crippen molar-refractivity contribution in [1.29, 1.82) is 0 Å². The lowest BCUT2D eigenvalue weighted by atomic mass is 9.85. The van der Waals surface area contributed by atoms with Crippen LogP contribution in [0.4, 0.5) is 0 Å². The molecule has 0 spiro atoms. The highest BCUT2D eigenvalue weighted by molar-refractivity contribution is 4.87. The molecule has 1 atom stereocenters. The molecule has 0 fully saturated rings. The molecular formula is C13H30N2. The van der Waals surface area contributed by atoms with Crippen molar-refractivity contribution in [3.05, 3.63) is 0 Å². The van der Waals surface area contributed by atoms with Crippen LogP contribution in [0.3, 0.4) is 0 Å². The van der Waals surface area contributed by atoms with Gasteiger partial charge in [0.15, 0.2) is 0 Å². The highest BCUT2D eigenvalue weighted by Crippen LogP contribution is 2.25. The zero-order valence-electron chi connectivity index (χ0n) is 11.9. The summed E-state index contributed by atoms with van der Waals surface area (Å²) in [5.74, 6) is 0. The Hall–Kier alpha value is -0.0800. The van der Waals surface area contributed by atoms with Gasteiger partial charge >= 0.3 is 0 Å². The van der Waals surface area contributed by atoms with Gasteiger partial charge in [-0.2, -0.15) is 0 Å². The van der Waals surface area contributed by atoms with Crippen molar-refractivity contribution in [3.63, 3.8) is 0 Å². The molecule has 2 nitrogen and oxygen atoms in total. The maximum atomic E-state index is 3.67. The molecule has 92 valence electrons. The Morgan fingerprint density at radius 3 is 1.73 bits per heavy atom. The molecule has 0 amide bonds. The molecule has 0 aliphatic rings. The van der Waals surface area contributed by atoms with Crippen molar-refractivity contribution in [2.45, 2.75) is 79.6 Å². The predicted molar refractivity (Wildman–Crippen MR) is 69.0 cm³/mol. The first-order valence-corrected chi connectivity index (χ1v) is 6.12. The van der Waals surface area contributed by atoms with Crippen LogP contribution < -0.4 is 10.6 Å². The normalized spacial score (nSPS) is 15.8. The zero-order valence-corrected chi connectivity index (χ0v) is 11.9. The molecule has 0 rings (SSSR count).